The van der Waals surface area contributed by atoms with Gasteiger partial charge in [-0.15, -0.1) is 0 Å². The van der Waals surface area contributed by atoms with Crippen molar-refractivity contribution in [3.05, 3.63) is 76.6 Å². The summed E-state index contributed by atoms with van der Waals surface area (Å²) in [5.74, 6) is 2.03. The summed E-state index contributed by atoms with van der Waals surface area (Å²) in [5.41, 5.74) is 2.35. The van der Waals surface area contributed by atoms with Crippen molar-refractivity contribution in [1.29, 1.82) is 0 Å². The highest BCUT2D eigenvalue weighted by molar-refractivity contribution is 7.98. The first-order valence-electron chi connectivity index (χ1n) is 8.04. The van der Waals surface area contributed by atoms with Gasteiger partial charge in [0.15, 0.2) is 16.6 Å². The van der Waals surface area contributed by atoms with Gasteiger partial charge in [0.1, 0.15) is 5.75 Å². The number of methoxy groups -OCH3 is 1. The van der Waals surface area contributed by atoms with E-state index in [0.29, 0.717) is 16.6 Å². The summed E-state index contributed by atoms with van der Waals surface area (Å²) in [4.78, 5) is 21.0. The monoisotopic (exact) mass is 364 g/mol. The van der Waals surface area contributed by atoms with Gasteiger partial charge < -0.3 is 4.74 Å². The Hall–Kier alpha value is -3.06. The van der Waals surface area contributed by atoms with Crippen molar-refractivity contribution in [2.24, 2.45) is 0 Å². The lowest BCUT2D eigenvalue weighted by Gasteiger charge is -2.08. The molecule has 26 heavy (non-hydrogen) atoms. The molecule has 0 saturated heterocycles. The Balaban J connectivity index is 1.76. The van der Waals surface area contributed by atoms with E-state index in [4.69, 9.17) is 4.74 Å². The molecule has 0 unspecified atom stereocenters. The van der Waals surface area contributed by atoms with Crippen LogP contribution in [0.2, 0.25) is 0 Å². The fourth-order valence-electron chi connectivity index (χ4n) is 2.59. The van der Waals surface area contributed by atoms with Crippen LogP contribution in [0.25, 0.3) is 17.0 Å². The number of nitrogens with zero attached hydrogens (tertiary/aromatic N) is 3. The Morgan fingerprint density at radius 1 is 1.08 bits per heavy atom. The van der Waals surface area contributed by atoms with E-state index >= 15 is 0 Å². The van der Waals surface area contributed by atoms with Crippen LogP contribution in [-0.4, -0.2) is 26.7 Å². The number of thioether (sulfide) groups is 1. The molecular weight excluding hydrogens is 348 g/mol. The maximum Gasteiger partial charge on any atom is 0.266 e. The number of benzene rings is 2. The van der Waals surface area contributed by atoms with Crippen molar-refractivity contribution in [1.82, 2.24) is 19.6 Å². The van der Waals surface area contributed by atoms with Gasteiger partial charge in [0.2, 0.25) is 0 Å². The highest BCUT2D eigenvalue weighted by Gasteiger charge is 2.12. The predicted octanol–water partition coefficient (Wildman–Crippen LogP) is 3.39. The van der Waals surface area contributed by atoms with Gasteiger partial charge in [0, 0.05) is 17.4 Å². The normalized spacial score (nSPS) is 11.0. The van der Waals surface area contributed by atoms with Crippen molar-refractivity contribution in [2.45, 2.75) is 10.9 Å². The van der Waals surface area contributed by atoms with Crippen LogP contribution < -0.4 is 10.3 Å². The van der Waals surface area contributed by atoms with Crippen molar-refractivity contribution in [3.63, 3.8) is 0 Å². The van der Waals surface area contributed by atoms with Crippen LogP contribution in [0.4, 0.5) is 0 Å². The fourth-order valence-corrected chi connectivity index (χ4v) is 3.50. The quantitative estimate of drug-likeness (QED) is 0.550. The maximum atomic E-state index is 11.8. The molecule has 0 atom stereocenters. The molecule has 4 aromatic rings. The van der Waals surface area contributed by atoms with Gasteiger partial charge in [-0.25, -0.2) is 14.5 Å². The first-order valence-corrected chi connectivity index (χ1v) is 9.02. The molecule has 0 aliphatic rings. The third-order valence-electron chi connectivity index (χ3n) is 3.86. The molecular formula is C19H16N4O2S. The second kappa shape index (κ2) is 7.05. The first kappa shape index (κ1) is 16.4. The zero-order chi connectivity index (χ0) is 17.9. The number of fused-ring (bicyclic) bond motifs is 1. The molecule has 2 aromatic heterocycles. The van der Waals surface area contributed by atoms with E-state index in [0.717, 1.165) is 17.1 Å². The Morgan fingerprint density at radius 3 is 2.73 bits per heavy atom. The Kier molecular flexibility index (Phi) is 4.45. The van der Waals surface area contributed by atoms with Crippen molar-refractivity contribution in [2.75, 3.05) is 7.11 Å². The van der Waals surface area contributed by atoms with Gasteiger partial charge in [-0.1, -0.05) is 54.2 Å². The van der Waals surface area contributed by atoms with Crippen LogP contribution in [0.5, 0.6) is 5.75 Å². The lowest BCUT2D eigenvalue weighted by molar-refractivity contribution is 0.415. The molecule has 4 rings (SSSR count). The number of hydrogen-bond donors (Lipinski definition) is 1. The number of H-pyrrole nitrogens is 1. The molecule has 7 heteroatoms. The first-order chi connectivity index (χ1) is 12.7. The third-order valence-corrected chi connectivity index (χ3v) is 4.87. The number of aromatic nitrogens is 4. The van der Waals surface area contributed by atoms with E-state index in [1.54, 1.807) is 23.4 Å². The number of ether oxygens (including phenoxy) is 1. The number of nitrogens with one attached hydrogen (secondary N) is 1. The Morgan fingerprint density at radius 2 is 1.92 bits per heavy atom. The summed E-state index contributed by atoms with van der Waals surface area (Å²) in [5, 5.41) is 3.43. The largest absolute Gasteiger partial charge is 0.497 e. The maximum absolute atomic E-state index is 11.8. The molecule has 0 bridgehead atoms. The highest BCUT2D eigenvalue weighted by Crippen LogP contribution is 2.26. The minimum Gasteiger partial charge on any atom is -0.497 e. The average Bonchev–Trinajstić information content (AvgIpc) is 3.07. The zero-order valence-corrected chi connectivity index (χ0v) is 14.9. The number of rotatable bonds is 5. The zero-order valence-electron chi connectivity index (χ0n) is 14.0. The molecule has 0 amide bonds. The lowest BCUT2D eigenvalue weighted by Crippen LogP contribution is -2.04. The van der Waals surface area contributed by atoms with E-state index in [2.05, 4.69) is 27.2 Å². The molecule has 0 aliphatic heterocycles. The van der Waals surface area contributed by atoms with Gasteiger partial charge in [-0.3, -0.25) is 9.89 Å². The van der Waals surface area contributed by atoms with Gasteiger partial charge in [0.05, 0.1) is 7.11 Å². The molecule has 2 aromatic carbocycles. The molecule has 0 aliphatic carbocycles. The topological polar surface area (TPSA) is 72.3 Å². The van der Waals surface area contributed by atoms with E-state index in [1.807, 2.05) is 42.5 Å². The molecule has 1 N–H and O–H groups in total. The van der Waals surface area contributed by atoms with Gasteiger partial charge >= 0.3 is 0 Å². The predicted molar refractivity (Wildman–Crippen MR) is 102 cm³/mol. The molecule has 2 heterocycles. The minimum atomic E-state index is -0.205. The summed E-state index contributed by atoms with van der Waals surface area (Å²) in [6.45, 7) is 0. The second-order valence-electron chi connectivity index (χ2n) is 5.65. The Labute approximate surface area is 153 Å². The molecule has 0 spiro atoms. The fraction of sp³-hybridized carbons (Fsp3) is 0.105. The van der Waals surface area contributed by atoms with E-state index < -0.39 is 0 Å². The standard InChI is InChI=1S/C19H16N4O2S/c1-25-15-9-5-8-14(10-15)18-20-16-11-17(24)22-23(16)19(21-18)26-12-13-6-3-2-4-7-13/h2-11H,12H2,1H3,(H,22,24). The second-order valence-corrected chi connectivity index (χ2v) is 6.59. The van der Waals surface area contributed by atoms with Crippen LogP contribution in [0.15, 0.2) is 70.6 Å². The summed E-state index contributed by atoms with van der Waals surface area (Å²) in [7, 11) is 1.62. The van der Waals surface area contributed by atoms with Crippen molar-refractivity contribution in [3.8, 4) is 17.1 Å². The van der Waals surface area contributed by atoms with Crippen molar-refractivity contribution >= 4 is 17.4 Å². The van der Waals surface area contributed by atoms with Crippen LogP contribution in [0.1, 0.15) is 5.56 Å². The number of aromatic amines is 1. The lowest BCUT2D eigenvalue weighted by atomic mass is 10.2. The molecule has 0 fully saturated rings. The minimum absolute atomic E-state index is 0.205. The van der Waals surface area contributed by atoms with Crippen LogP contribution in [0, 0.1) is 0 Å². The van der Waals surface area contributed by atoms with Gasteiger partial charge in [0.25, 0.3) is 5.56 Å². The van der Waals surface area contributed by atoms with Crippen LogP contribution >= 0.6 is 11.8 Å². The van der Waals surface area contributed by atoms with E-state index in [1.165, 1.54) is 11.6 Å². The summed E-state index contributed by atoms with van der Waals surface area (Å²) in [6, 6.07) is 19.1. The van der Waals surface area contributed by atoms with Crippen molar-refractivity contribution < 1.29 is 4.74 Å². The summed E-state index contributed by atoms with van der Waals surface area (Å²) in [6.07, 6.45) is 0. The highest BCUT2D eigenvalue weighted by atomic mass is 32.2. The summed E-state index contributed by atoms with van der Waals surface area (Å²) < 4.78 is 6.91. The summed E-state index contributed by atoms with van der Waals surface area (Å²) >= 11 is 1.55. The molecule has 0 saturated carbocycles. The number of hydrogen-bond acceptors (Lipinski definition) is 5. The van der Waals surface area contributed by atoms with E-state index in [9.17, 15) is 4.79 Å². The molecule has 0 radical (unpaired) electrons. The van der Waals surface area contributed by atoms with E-state index in [-0.39, 0.29) is 5.56 Å². The molecule has 6 nitrogen and oxygen atoms in total. The molecule has 130 valence electrons. The van der Waals surface area contributed by atoms with Gasteiger partial charge in [-0.05, 0) is 17.7 Å². The van der Waals surface area contributed by atoms with Crippen LogP contribution in [-0.2, 0) is 5.75 Å². The Bertz CT molecular complexity index is 1110. The average molecular weight is 364 g/mol. The van der Waals surface area contributed by atoms with Crippen LogP contribution in [0.3, 0.4) is 0 Å². The SMILES string of the molecule is COc1cccc(-c2nc(SCc3ccccc3)n3[nH]c(=O)cc3n2)c1. The smallest absolute Gasteiger partial charge is 0.266 e. The third kappa shape index (κ3) is 3.34. The van der Waals surface area contributed by atoms with Gasteiger partial charge in [-0.2, -0.15) is 0 Å².